The fourth-order valence-electron chi connectivity index (χ4n) is 8.65. The van der Waals surface area contributed by atoms with Gasteiger partial charge in [0.15, 0.2) is 17.3 Å². The number of ether oxygens (including phenoxy) is 4. The molecule has 4 amide bonds. The molecule has 380 valence electrons. The van der Waals surface area contributed by atoms with Crippen LogP contribution in [0.25, 0.3) is 11.4 Å². The van der Waals surface area contributed by atoms with Crippen LogP contribution in [0.4, 0.5) is 0 Å². The van der Waals surface area contributed by atoms with Crippen LogP contribution >= 0.6 is 0 Å². The number of nitrogens with two attached hydrogens (primary N) is 1. The number of benzene rings is 2. The van der Waals surface area contributed by atoms with Crippen molar-refractivity contribution in [3.8, 4) is 34.6 Å². The number of likely N-dealkylation sites (tertiary alicyclic amines) is 2. The summed E-state index contributed by atoms with van der Waals surface area (Å²) in [7, 11) is 3.05. The number of carboxylic acid groups (broad SMARTS) is 1. The number of nitrogens with zero attached hydrogens (tertiary/aromatic N) is 9. The lowest BCUT2D eigenvalue weighted by Crippen LogP contribution is -2.45. The lowest BCUT2D eigenvalue weighted by Gasteiger charge is -2.31. The van der Waals surface area contributed by atoms with Crippen LogP contribution in [0.3, 0.4) is 0 Å². The molecule has 3 aromatic heterocycles. The summed E-state index contributed by atoms with van der Waals surface area (Å²) in [5.41, 5.74) is 9.82. The molecule has 0 unspecified atom stereocenters. The molecule has 5 aromatic rings. The number of carboxylic acids is 1. The van der Waals surface area contributed by atoms with Crippen LogP contribution in [-0.2, 0) is 27.5 Å². The van der Waals surface area contributed by atoms with Gasteiger partial charge in [-0.05, 0) is 74.9 Å². The van der Waals surface area contributed by atoms with Gasteiger partial charge in [0.25, 0.3) is 23.6 Å². The van der Waals surface area contributed by atoms with Gasteiger partial charge in [-0.15, -0.1) is 0 Å². The Morgan fingerprint density at radius 3 is 1.74 bits per heavy atom. The molecule has 0 saturated carbocycles. The highest BCUT2D eigenvalue weighted by atomic mass is 16.5. The Morgan fingerprint density at radius 1 is 0.750 bits per heavy atom. The molecule has 2 fully saturated rings. The van der Waals surface area contributed by atoms with Crippen molar-refractivity contribution in [1.82, 2.24) is 39.7 Å². The maximum atomic E-state index is 12.9. The van der Waals surface area contributed by atoms with E-state index >= 15 is 0 Å². The number of piperidine rings is 2. The summed E-state index contributed by atoms with van der Waals surface area (Å²) >= 11 is 0. The standard InChI is InChI=1S/C25H27N5O5.C16H18N2O4.C9H13N3O3/c1-3-34-24-20(33-2)12-18(13-26-24)22-27-23(35-28-22)16-8-10-29(11-9-16)21(31)15-30-14-17-6-4-5-7-19(17)25(30)32;19-14(17-7-5-11(6-8-17)16(21)22)10-18-9-12-3-1-2-4-13(12)15(18)20;1-3-15-9-7(14-2)4-6(5-11-9)8(10)12-13/h4-7,12-13,16H,3,8-11,14-15H2,1-2H3;1-4,11H,5-10H2,(H,21,22);4-5,13H,3H2,1-2H3,(H2,10,12). The van der Waals surface area contributed by atoms with Gasteiger partial charge in [0.1, 0.15) is 13.1 Å². The second-order valence-corrected chi connectivity index (χ2v) is 17.1. The second-order valence-electron chi connectivity index (χ2n) is 17.1. The van der Waals surface area contributed by atoms with Gasteiger partial charge in [-0.2, -0.15) is 4.98 Å². The Kier molecular flexibility index (Phi) is 17.2. The van der Waals surface area contributed by atoms with E-state index in [0.717, 1.165) is 11.1 Å². The first kappa shape index (κ1) is 51.5. The molecule has 4 aliphatic heterocycles. The van der Waals surface area contributed by atoms with Crippen molar-refractivity contribution >= 4 is 35.4 Å². The first-order valence-corrected chi connectivity index (χ1v) is 23.5. The molecule has 2 aromatic carbocycles. The van der Waals surface area contributed by atoms with E-state index < -0.39 is 5.97 Å². The predicted molar refractivity (Wildman–Crippen MR) is 258 cm³/mol. The highest BCUT2D eigenvalue weighted by Crippen LogP contribution is 2.33. The Bertz CT molecular complexity index is 2770. The van der Waals surface area contributed by atoms with Crippen molar-refractivity contribution in [2.75, 3.05) is 66.7 Å². The van der Waals surface area contributed by atoms with E-state index in [2.05, 4.69) is 25.3 Å². The van der Waals surface area contributed by atoms with Crippen molar-refractivity contribution in [3.05, 3.63) is 107 Å². The fraction of sp³-hybridized carbons (Fsp3) is 0.400. The summed E-state index contributed by atoms with van der Waals surface area (Å²) in [4.78, 5) is 80.4. The van der Waals surface area contributed by atoms with Crippen LogP contribution in [0.1, 0.15) is 88.7 Å². The first-order chi connectivity index (χ1) is 34.8. The number of aromatic nitrogens is 4. The van der Waals surface area contributed by atoms with Crippen molar-refractivity contribution in [3.63, 3.8) is 0 Å². The highest BCUT2D eigenvalue weighted by molar-refractivity contribution is 6.01. The van der Waals surface area contributed by atoms with Gasteiger partial charge in [-0.1, -0.05) is 46.7 Å². The zero-order valence-corrected chi connectivity index (χ0v) is 40.6. The van der Waals surface area contributed by atoms with Gasteiger partial charge in [0.2, 0.25) is 23.5 Å². The number of hydrogen-bond donors (Lipinski definition) is 3. The van der Waals surface area contributed by atoms with E-state index in [0.29, 0.717) is 135 Å². The largest absolute Gasteiger partial charge is 0.491 e. The molecule has 4 N–H and O–H groups in total. The number of pyridine rings is 2. The minimum atomic E-state index is -0.794. The summed E-state index contributed by atoms with van der Waals surface area (Å²) in [6.07, 6.45) is 5.47. The summed E-state index contributed by atoms with van der Waals surface area (Å²) < 4.78 is 26.6. The van der Waals surface area contributed by atoms with Crippen LogP contribution in [0.5, 0.6) is 23.3 Å². The minimum absolute atomic E-state index is 0.0242. The number of amides is 4. The fourth-order valence-corrected chi connectivity index (χ4v) is 8.65. The van der Waals surface area contributed by atoms with Crippen molar-refractivity contribution in [2.24, 2.45) is 16.8 Å². The van der Waals surface area contributed by atoms with Gasteiger partial charge in [-0.25, -0.2) is 9.97 Å². The number of aliphatic carboxylic acids is 1. The number of carbonyl (C=O) groups excluding carboxylic acids is 4. The van der Waals surface area contributed by atoms with E-state index in [1.54, 1.807) is 46.2 Å². The van der Waals surface area contributed by atoms with Gasteiger partial charge >= 0.3 is 5.97 Å². The van der Waals surface area contributed by atoms with Crippen LogP contribution in [0.2, 0.25) is 0 Å². The van der Waals surface area contributed by atoms with Crippen molar-refractivity contribution < 1.29 is 57.8 Å². The van der Waals surface area contributed by atoms with Gasteiger partial charge in [0, 0.05) is 79.8 Å². The van der Waals surface area contributed by atoms with Crippen LogP contribution in [0.15, 0.2) is 82.7 Å². The molecule has 0 spiro atoms. The molecule has 72 heavy (non-hydrogen) atoms. The highest BCUT2D eigenvalue weighted by Gasteiger charge is 2.34. The maximum Gasteiger partial charge on any atom is 0.306 e. The number of carbonyl (C=O) groups is 5. The Hall–Kier alpha value is -8.30. The third-order valence-corrected chi connectivity index (χ3v) is 12.6. The van der Waals surface area contributed by atoms with Gasteiger partial charge < -0.3 is 59.1 Å². The molecule has 2 saturated heterocycles. The molecule has 0 radical (unpaired) electrons. The smallest absolute Gasteiger partial charge is 0.306 e. The van der Waals surface area contributed by atoms with Gasteiger partial charge in [0.05, 0.1) is 33.4 Å². The lowest BCUT2D eigenvalue weighted by atomic mass is 9.96. The molecule has 4 aliphatic rings. The number of oxime groups is 1. The lowest BCUT2D eigenvalue weighted by molar-refractivity contribution is -0.145. The Morgan fingerprint density at radius 2 is 1.25 bits per heavy atom. The summed E-state index contributed by atoms with van der Waals surface area (Å²) in [6, 6.07) is 18.2. The maximum absolute atomic E-state index is 12.9. The molecule has 0 bridgehead atoms. The number of fused-ring (bicyclic) bond motifs is 2. The van der Waals surface area contributed by atoms with Crippen molar-refractivity contribution in [1.29, 1.82) is 0 Å². The molecule has 9 rings (SSSR count). The van der Waals surface area contributed by atoms with Crippen LogP contribution in [-0.4, -0.2) is 152 Å². The van der Waals surface area contributed by atoms with E-state index in [4.69, 9.17) is 39.5 Å². The van der Waals surface area contributed by atoms with Crippen LogP contribution < -0.4 is 24.7 Å². The van der Waals surface area contributed by atoms with Gasteiger partial charge in [-0.3, -0.25) is 24.0 Å². The summed E-state index contributed by atoms with van der Waals surface area (Å²) in [5.74, 6) is 1.28. The summed E-state index contributed by atoms with van der Waals surface area (Å²) in [5, 5.41) is 24.4. The monoisotopic (exact) mass is 990 g/mol. The summed E-state index contributed by atoms with van der Waals surface area (Å²) in [6.45, 7) is 7.85. The van der Waals surface area contributed by atoms with Crippen LogP contribution in [0, 0.1) is 5.92 Å². The molecular formula is C50H58N10O12. The predicted octanol–water partition coefficient (Wildman–Crippen LogP) is 4.45. The number of amidine groups is 1. The van der Waals surface area contributed by atoms with E-state index in [-0.39, 0.29) is 54.4 Å². The topological polar surface area (TPSA) is 279 Å². The first-order valence-electron chi connectivity index (χ1n) is 23.5. The minimum Gasteiger partial charge on any atom is -0.491 e. The quantitative estimate of drug-likeness (QED) is 0.0600. The Labute approximate surface area is 415 Å². The third kappa shape index (κ3) is 12.2. The molecule has 0 atom stereocenters. The van der Waals surface area contributed by atoms with E-state index in [1.165, 1.54) is 13.3 Å². The number of methoxy groups -OCH3 is 2. The van der Waals surface area contributed by atoms with E-state index in [1.807, 2.05) is 61.2 Å². The average molecular weight is 991 g/mol. The molecule has 22 nitrogen and oxygen atoms in total. The molecular weight excluding hydrogens is 933 g/mol. The third-order valence-electron chi connectivity index (χ3n) is 12.6. The normalized spacial score (nSPS) is 15.7. The zero-order valence-electron chi connectivity index (χ0n) is 40.6. The second kappa shape index (κ2) is 24.0. The van der Waals surface area contributed by atoms with Crippen molar-refractivity contribution in [2.45, 2.75) is 58.5 Å². The molecule has 7 heterocycles. The number of rotatable bonds is 14. The SMILES string of the molecule is CCOc1ncc(-c2noc(C3CCN(C(=O)CN4Cc5ccccc5C4=O)CC3)n2)cc1OC.CCOc1ncc(/C(N)=N/O)cc1OC.O=C(O)C1CCN(C(=O)CN2Cc3ccccc3C2=O)CC1. The molecule has 22 heteroatoms. The molecule has 0 aliphatic carbocycles. The van der Waals surface area contributed by atoms with E-state index in [9.17, 15) is 24.0 Å². The number of hydrogen-bond acceptors (Lipinski definition) is 16. The zero-order chi connectivity index (χ0) is 51.3. The Balaban J connectivity index is 0.000000175. The average Bonchev–Trinajstić information content (AvgIpc) is 4.12.